The van der Waals surface area contributed by atoms with E-state index in [2.05, 4.69) is 9.97 Å². The number of carbonyl (C=O) groups excluding carboxylic acids is 1. The summed E-state index contributed by atoms with van der Waals surface area (Å²) < 4.78 is 47.1. The molecule has 11 heteroatoms. The van der Waals surface area contributed by atoms with Crippen molar-refractivity contribution in [1.29, 1.82) is 0 Å². The van der Waals surface area contributed by atoms with Crippen molar-refractivity contribution in [2.45, 2.75) is 33.4 Å². The molecule has 0 radical (unpaired) electrons. The average Bonchev–Trinajstić information content (AvgIpc) is 3.01. The largest absolute Gasteiger partial charge is 0.491 e. The summed E-state index contributed by atoms with van der Waals surface area (Å²) in [4.78, 5) is 35.7. The van der Waals surface area contributed by atoms with Crippen molar-refractivity contribution in [3.63, 3.8) is 0 Å². The highest BCUT2D eigenvalue weighted by atomic mass is 19.1. The van der Waals surface area contributed by atoms with Crippen LogP contribution in [0.5, 0.6) is 23.1 Å². The number of Topliss-reactive ketones (excluding diaryl/α,β-unsaturated/α-hetero) is 1. The van der Waals surface area contributed by atoms with E-state index >= 15 is 4.39 Å². The number of ketones is 1. The van der Waals surface area contributed by atoms with Gasteiger partial charge in [0.15, 0.2) is 28.8 Å². The highest BCUT2D eigenvalue weighted by molar-refractivity contribution is 5.98. The monoisotopic (exact) mass is 601 g/mol. The van der Waals surface area contributed by atoms with Crippen molar-refractivity contribution >= 4 is 16.8 Å². The normalized spacial score (nSPS) is 11.1. The number of ether oxygens (including phenoxy) is 3. The molecule has 9 nitrogen and oxygen atoms in total. The summed E-state index contributed by atoms with van der Waals surface area (Å²) in [6.45, 7) is 3.36. The van der Waals surface area contributed by atoms with E-state index in [-0.39, 0.29) is 34.9 Å². The van der Waals surface area contributed by atoms with E-state index in [9.17, 15) is 19.1 Å². The number of aliphatic hydroxyl groups is 1. The van der Waals surface area contributed by atoms with Crippen LogP contribution in [0.15, 0.2) is 65.7 Å². The lowest BCUT2D eigenvalue weighted by molar-refractivity contribution is 0.0991. The van der Waals surface area contributed by atoms with Crippen LogP contribution in [-0.4, -0.2) is 39.6 Å². The van der Waals surface area contributed by atoms with E-state index in [0.717, 1.165) is 0 Å². The van der Waals surface area contributed by atoms with Gasteiger partial charge in [0.25, 0.3) is 5.88 Å². The molecule has 1 N–H and O–H groups in total. The zero-order chi connectivity index (χ0) is 31.5. The standard InChI is InChI=1S/C33H29F2N3O6/c1-5-38-16-22(32(41)30(25(38)17-39)21-8-7-20(34)12-18(21)2)26(40)14-19-6-9-27(23(35)13-19)44-28-10-11-36-24-15-29(42-3)33(43-4)37-31(24)28/h6-13,15-16,39H,5,14,17H2,1-4H3. The third kappa shape index (κ3) is 5.73. The van der Waals surface area contributed by atoms with E-state index in [1.165, 1.54) is 69.1 Å². The number of nitrogens with zero attached hydrogens (tertiary/aromatic N) is 3. The number of fused-ring (bicyclic) bond motifs is 1. The van der Waals surface area contributed by atoms with Crippen molar-refractivity contribution < 1.29 is 32.9 Å². The molecule has 2 aromatic carbocycles. The Kier molecular flexibility index (Phi) is 8.68. The first-order valence-corrected chi connectivity index (χ1v) is 13.7. The van der Waals surface area contributed by atoms with Gasteiger partial charge in [-0.3, -0.25) is 14.6 Å². The number of carbonyl (C=O) groups is 1. The van der Waals surface area contributed by atoms with Gasteiger partial charge in [0, 0.05) is 37.5 Å². The number of halogens is 2. The Morgan fingerprint density at radius 3 is 2.45 bits per heavy atom. The number of aryl methyl sites for hydroxylation is 2. The lowest BCUT2D eigenvalue weighted by atomic mass is 9.94. The van der Waals surface area contributed by atoms with Crippen LogP contribution in [0.4, 0.5) is 8.78 Å². The summed E-state index contributed by atoms with van der Waals surface area (Å²) in [5.74, 6) is -1.04. The number of methoxy groups -OCH3 is 2. The Bertz CT molecular complexity index is 1960. The Morgan fingerprint density at radius 2 is 1.80 bits per heavy atom. The lowest BCUT2D eigenvalue weighted by Gasteiger charge is -2.18. The Morgan fingerprint density at radius 1 is 1.00 bits per heavy atom. The van der Waals surface area contributed by atoms with Crippen LogP contribution < -0.4 is 19.6 Å². The molecule has 44 heavy (non-hydrogen) atoms. The fourth-order valence-electron chi connectivity index (χ4n) is 5.06. The number of rotatable bonds is 10. The van der Waals surface area contributed by atoms with E-state index in [0.29, 0.717) is 45.7 Å². The van der Waals surface area contributed by atoms with Crippen LogP contribution in [0, 0.1) is 18.6 Å². The molecule has 3 heterocycles. The van der Waals surface area contributed by atoms with E-state index in [1.54, 1.807) is 24.5 Å². The molecule has 0 unspecified atom stereocenters. The second-order valence-electron chi connectivity index (χ2n) is 9.94. The SMILES string of the molecule is CCn1cc(C(=O)Cc2ccc(Oc3ccnc4cc(OC)c(OC)nc34)c(F)c2)c(=O)c(-c2ccc(F)cc2C)c1CO. The number of pyridine rings is 3. The molecule has 0 saturated heterocycles. The quantitative estimate of drug-likeness (QED) is 0.200. The van der Waals surface area contributed by atoms with Gasteiger partial charge in [-0.15, -0.1) is 0 Å². The highest BCUT2D eigenvalue weighted by Gasteiger charge is 2.22. The fraction of sp³-hybridized carbons (Fsp3) is 0.212. The number of aromatic nitrogens is 3. The first kappa shape index (κ1) is 30.3. The zero-order valence-corrected chi connectivity index (χ0v) is 24.5. The van der Waals surface area contributed by atoms with Crippen LogP contribution >= 0.6 is 0 Å². The van der Waals surface area contributed by atoms with Gasteiger partial charge in [0.1, 0.15) is 11.3 Å². The van der Waals surface area contributed by atoms with Gasteiger partial charge in [-0.2, -0.15) is 0 Å². The maximum atomic E-state index is 15.3. The summed E-state index contributed by atoms with van der Waals surface area (Å²) in [6, 6.07) is 11.2. The Labute approximate surface area is 251 Å². The summed E-state index contributed by atoms with van der Waals surface area (Å²) in [7, 11) is 2.92. The van der Waals surface area contributed by atoms with Gasteiger partial charge in [-0.1, -0.05) is 12.1 Å². The Balaban J connectivity index is 1.46. The topological polar surface area (TPSA) is 113 Å². The average molecular weight is 602 g/mol. The molecule has 0 aliphatic rings. The van der Waals surface area contributed by atoms with Gasteiger partial charge in [-0.25, -0.2) is 13.8 Å². The first-order valence-electron chi connectivity index (χ1n) is 13.7. The second kappa shape index (κ2) is 12.6. The van der Waals surface area contributed by atoms with Gasteiger partial charge in [0.2, 0.25) is 5.43 Å². The van der Waals surface area contributed by atoms with Crippen molar-refractivity contribution in [3.05, 3.63) is 105 Å². The number of benzene rings is 2. The van der Waals surface area contributed by atoms with Crippen molar-refractivity contribution in [2.75, 3.05) is 14.2 Å². The molecule has 0 saturated carbocycles. The minimum Gasteiger partial charge on any atom is -0.491 e. The predicted molar refractivity (Wildman–Crippen MR) is 160 cm³/mol. The summed E-state index contributed by atoms with van der Waals surface area (Å²) in [5.41, 5.74) is 1.71. The van der Waals surface area contributed by atoms with E-state index in [1.807, 2.05) is 0 Å². The third-order valence-corrected chi connectivity index (χ3v) is 7.24. The van der Waals surface area contributed by atoms with Gasteiger partial charge >= 0.3 is 0 Å². The molecular formula is C33H29F2N3O6. The van der Waals surface area contributed by atoms with Crippen molar-refractivity contribution in [2.24, 2.45) is 0 Å². The molecule has 0 aliphatic heterocycles. The number of hydrogen-bond acceptors (Lipinski definition) is 8. The molecule has 0 fully saturated rings. The maximum Gasteiger partial charge on any atom is 0.257 e. The zero-order valence-electron chi connectivity index (χ0n) is 24.5. The molecule has 0 amide bonds. The fourth-order valence-corrected chi connectivity index (χ4v) is 5.06. The van der Waals surface area contributed by atoms with Crippen LogP contribution in [0.1, 0.15) is 34.1 Å². The predicted octanol–water partition coefficient (Wildman–Crippen LogP) is 5.79. The molecule has 3 aromatic heterocycles. The van der Waals surface area contributed by atoms with Gasteiger partial charge in [-0.05, 0) is 54.8 Å². The molecule has 0 spiro atoms. The highest BCUT2D eigenvalue weighted by Crippen LogP contribution is 2.35. The number of hydrogen-bond donors (Lipinski definition) is 1. The Hall–Kier alpha value is -5.16. The summed E-state index contributed by atoms with van der Waals surface area (Å²) >= 11 is 0. The van der Waals surface area contributed by atoms with Crippen molar-refractivity contribution in [3.8, 4) is 34.3 Å². The van der Waals surface area contributed by atoms with Crippen LogP contribution in [0.2, 0.25) is 0 Å². The molecule has 0 aliphatic carbocycles. The number of aliphatic hydroxyl groups excluding tert-OH is 1. The minimum absolute atomic E-state index is 0.111. The molecule has 226 valence electrons. The molecule has 0 bridgehead atoms. The van der Waals surface area contributed by atoms with Gasteiger partial charge in [0.05, 0.1) is 43.2 Å². The lowest BCUT2D eigenvalue weighted by Crippen LogP contribution is -2.25. The molecule has 5 aromatic rings. The smallest absolute Gasteiger partial charge is 0.257 e. The van der Waals surface area contributed by atoms with Crippen LogP contribution in [0.3, 0.4) is 0 Å². The maximum absolute atomic E-state index is 15.3. The summed E-state index contributed by atoms with van der Waals surface area (Å²) in [6.07, 6.45) is 2.62. The second-order valence-corrected chi connectivity index (χ2v) is 9.94. The molecule has 0 atom stereocenters. The first-order chi connectivity index (χ1) is 21.2. The third-order valence-electron chi connectivity index (χ3n) is 7.24. The van der Waals surface area contributed by atoms with E-state index in [4.69, 9.17) is 14.2 Å². The van der Waals surface area contributed by atoms with Crippen LogP contribution in [-0.2, 0) is 19.6 Å². The molecule has 5 rings (SSSR count). The van der Waals surface area contributed by atoms with Crippen LogP contribution in [0.25, 0.3) is 22.2 Å². The van der Waals surface area contributed by atoms with Crippen molar-refractivity contribution in [1.82, 2.24) is 14.5 Å². The summed E-state index contributed by atoms with van der Waals surface area (Å²) in [5, 5.41) is 10.1. The van der Waals surface area contributed by atoms with Gasteiger partial charge < -0.3 is 23.9 Å². The van der Waals surface area contributed by atoms with E-state index < -0.39 is 29.5 Å². The molecular weight excluding hydrogens is 572 g/mol. The minimum atomic E-state index is -0.732.